The van der Waals surface area contributed by atoms with Gasteiger partial charge in [0, 0.05) is 55.8 Å². The van der Waals surface area contributed by atoms with Crippen molar-refractivity contribution < 1.29 is 9.66 Å². The number of thiazole rings is 1. The minimum atomic E-state index is -0.429. The van der Waals surface area contributed by atoms with Crippen molar-refractivity contribution in [3.8, 4) is 16.3 Å². The zero-order valence-corrected chi connectivity index (χ0v) is 18.0. The summed E-state index contributed by atoms with van der Waals surface area (Å²) in [7, 11) is 1.66. The fourth-order valence-corrected chi connectivity index (χ4v) is 4.60. The fraction of sp³-hybridized carbons (Fsp3) is 0.286. The first kappa shape index (κ1) is 20.6. The highest BCUT2D eigenvalue weighted by Crippen LogP contribution is 2.31. The summed E-state index contributed by atoms with van der Waals surface area (Å²) in [4.78, 5) is 19.8. The van der Waals surface area contributed by atoms with E-state index < -0.39 is 4.92 Å². The summed E-state index contributed by atoms with van der Waals surface area (Å²) in [5.41, 5.74) is 3.01. The molecule has 4 rings (SSSR count). The fourth-order valence-electron chi connectivity index (χ4n) is 3.49. The third-order valence-electron chi connectivity index (χ3n) is 5.13. The second-order valence-electron chi connectivity index (χ2n) is 7.03. The standard InChI is InChI=1S/C21H21ClN4O3S/c1-29-18-5-2-15(3-6-18)21-23-16(14-30-21)13-24-8-10-25(11-9-24)20-7-4-17(26(27)28)12-19(20)22/h2-7,12,14H,8-11,13H2,1H3. The first-order valence-electron chi connectivity index (χ1n) is 9.53. The van der Waals surface area contributed by atoms with Crippen LogP contribution in [0.2, 0.25) is 5.02 Å². The lowest BCUT2D eigenvalue weighted by Gasteiger charge is -2.36. The number of nitrogens with zero attached hydrogens (tertiary/aromatic N) is 4. The van der Waals surface area contributed by atoms with Gasteiger partial charge in [-0.1, -0.05) is 11.6 Å². The molecular formula is C21H21ClN4O3S. The normalized spacial score (nSPS) is 14.7. The van der Waals surface area contributed by atoms with Gasteiger partial charge >= 0.3 is 0 Å². The maximum Gasteiger partial charge on any atom is 0.271 e. The van der Waals surface area contributed by atoms with E-state index in [1.165, 1.54) is 12.1 Å². The number of piperazine rings is 1. The molecule has 0 spiro atoms. The highest BCUT2D eigenvalue weighted by molar-refractivity contribution is 7.13. The van der Waals surface area contributed by atoms with Gasteiger partial charge in [-0.15, -0.1) is 11.3 Å². The molecule has 1 aromatic heterocycles. The minimum Gasteiger partial charge on any atom is -0.497 e. The smallest absolute Gasteiger partial charge is 0.271 e. The average Bonchev–Trinajstić information content (AvgIpc) is 3.23. The molecule has 0 unspecified atom stereocenters. The van der Waals surface area contributed by atoms with Gasteiger partial charge in [0.15, 0.2) is 0 Å². The van der Waals surface area contributed by atoms with Crippen molar-refractivity contribution in [2.24, 2.45) is 0 Å². The van der Waals surface area contributed by atoms with Gasteiger partial charge in [0.25, 0.3) is 5.69 Å². The number of halogens is 1. The van der Waals surface area contributed by atoms with Gasteiger partial charge in [-0.05, 0) is 30.3 Å². The molecule has 7 nitrogen and oxygen atoms in total. The van der Waals surface area contributed by atoms with E-state index in [4.69, 9.17) is 21.3 Å². The van der Waals surface area contributed by atoms with Gasteiger partial charge in [-0.2, -0.15) is 0 Å². The summed E-state index contributed by atoms with van der Waals surface area (Å²) < 4.78 is 5.21. The molecule has 3 aromatic rings. The lowest BCUT2D eigenvalue weighted by Crippen LogP contribution is -2.46. The van der Waals surface area contributed by atoms with Crippen LogP contribution < -0.4 is 9.64 Å². The molecule has 1 saturated heterocycles. The number of methoxy groups -OCH3 is 1. The summed E-state index contributed by atoms with van der Waals surface area (Å²) in [6.07, 6.45) is 0. The molecule has 30 heavy (non-hydrogen) atoms. The molecule has 0 bridgehead atoms. The topological polar surface area (TPSA) is 71.7 Å². The molecule has 0 atom stereocenters. The summed E-state index contributed by atoms with van der Waals surface area (Å²) in [5, 5.41) is 14.4. The Bertz CT molecular complexity index is 1030. The molecule has 9 heteroatoms. The maximum absolute atomic E-state index is 10.9. The van der Waals surface area contributed by atoms with Crippen LogP contribution >= 0.6 is 22.9 Å². The average molecular weight is 445 g/mol. The van der Waals surface area contributed by atoms with Gasteiger partial charge in [0.2, 0.25) is 0 Å². The Balaban J connectivity index is 1.35. The number of hydrogen-bond donors (Lipinski definition) is 0. The number of nitro benzene ring substituents is 1. The Labute approximate surface area is 183 Å². The number of aromatic nitrogens is 1. The van der Waals surface area contributed by atoms with Crippen LogP contribution in [0, 0.1) is 10.1 Å². The number of rotatable bonds is 6. The summed E-state index contributed by atoms with van der Waals surface area (Å²) in [5.74, 6) is 0.835. The van der Waals surface area contributed by atoms with Gasteiger partial charge in [-0.25, -0.2) is 4.98 Å². The van der Waals surface area contributed by atoms with Gasteiger partial charge in [0.1, 0.15) is 10.8 Å². The number of ether oxygens (including phenoxy) is 1. The molecule has 156 valence electrons. The number of nitro groups is 1. The molecule has 0 amide bonds. The van der Waals surface area contributed by atoms with Gasteiger partial charge in [0.05, 0.1) is 28.4 Å². The van der Waals surface area contributed by atoms with E-state index >= 15 is 0 Å². The van der Waals surface area contributed by atoms with Crippen molar-refractivity contribution in [2.75, 3.05) is 38.2 Å². The van der Waals surface area contributed by atoms with Crippen LogP contribution in [0.5, 0.6) is 5.75 Å². The summed E-state index contributed by atoms with van der Waals surface area (Å²) >= 11 is 7.92. The molecule has 0 radical (unpaired) electrons. The SMILES string of the molecule is COc1ccc(-c2nc(CN3CCN(c4ccc([N+](=O)[O-])cc4Cl)CC3)cs2)cc1. The monoisotopic (exact) mass is 444 g/mol. The second kappa shape index (κ2) is 8.99. The van der Waals surface area contributed by atoms with Crippen molar-refractivity contribution >= 4 is 34.3 Å². The number of anilines is 1. The van der Waals surface area contributed by atoms with Crippen molar-refractivity contribution in [3.63, 3.8) is 0 Å². The Morgan fingerprint density at radius 2 is 1.90 bits per heavy atom. The first-order chi connectivity index (χ1) is 14.5. The Morgan fingerprint density at radius 3 is 2.53 bits per heavy atom. The molecular weight excluding hydrogens is 424 g/mol. The van der Waals surface area contributed by atoms with E-state index in [9.17, 15) is 10.1 Å². The number of hydrogen-bond acceptors (Lipinski definition) is 7. The zero-order valence-electron chi connectivity index (χ0n) is 16.5. The molecule has 2 aromatic carbocycles. The number of benzene rings is 2. The van der Waals surface area contributed by atoms with Crippen LogP contribution in [-0.2, 0) is 6.54 Å². The molecule has 1 aliphatic rings. The molecule has 2 heterocycles. The third kappa shape index (κ3) is 4.56. The lowest BCUT2D eigenvalue weighted by molar-refractivity contribution is -0.384. The van der Waals surface area contributed by atoms with Crippen molar-refractivity contribution in [3.05, 3.63) is 68.7 Å². The van der Waals surface area contributed by atoms with Crippen LogP contribution in [0.15, 0.2) is 47.8 Å². The Hall–Kier alpha value is -2.68. The van der Waals surface area contributed by atoms with Crippen molar-refractivity contribution in [1.82, 2.24) is 9.88 Å². The van der Waals surface area contributed by atoms with E-state index in [1.807, 2.05) is 24.3 Å². The molecule has 1 fully saturated rings. The highest BCUT2D eigenvalue weighted by Gasteiger charge is 2.21. The number of non-ortho nitro benzene ring substituents is 1. The summed E-state index contributed by atoms with van der Waals surface area (Å²) in [6.45, 7) is 4.18. The van der Waals surface area contributed by atoms with E-state index in [-0.39, 0.29) is 5.69 Å². The Kier molecular flexibility index (Phi) is 6.17. The molecule has 0 aliphatic carbocycles. The van der Waals surface area contributed by atoms with Crippen LogP contribution in [0.3, 0.4) is 0 Å². The van der Waals surface area contributed by atoms with Crippen LogP contribution in [-0.4, -0.2) is 48.1 Å². The van der Waals surface area contributed by atoms with Crippen molar-refractivity contribution in [2.45, 2.75) is 6.54 Å². The predicted octanol–water partition coefficient (Wildman–Crippen LogP) is 4.70. The maximum atomic E-state index is 10.9. The van der Waals surface area contributed by atoms with E-state index in [2.05, 4.69) is 15.2 Å². The molecule has 1 aliphatic heterocycles. The summed E-state index contributed by atoms with van der Waals surface area (Å²) in [6, 6.07) is 12.6. The second-order valence-corrected chi connectivity index (χ2v) is 8.29. The molecule has 0 N–H and O–H groups in total. The van der Waals surface area contributed by atoms with Gasteiger partial charge < -0.3 is 9.64 Å². The predicted molar refractivity (Wildman–Crippen MR) is 120 cm³/mol. The Morgan fingerprint density at radius 1 is 1.17 bits per heavy atom. The molecule has 0 saturated carbocycles. The van der Waals surface area contributed by atoms with E-state index in [1.54, 1.807) is 24.5 Å². The van der Waals surface area contributed by atoms with E-state index in [0.29, 0.717) is 5.02 Å². The lowest BCUT2D eigenvalue weighted by atomic mass is 10.2. The third-order valence-corrected chi connectivity index (χ3v) is 6.37. The highest BCUT2D eigenvalue weighted by atomic mass is 35.5. The van der Waals surface area contributed by atoms with Gasteiger partial charge in [-0.3, -0.25) is 15.0 Å². The van der Waals surface area contributed by atoms with E-state index in [0.717, 1.165) is 60.4 Å². The van der Waals surface area contributed by atoms with Crippen LogP contribution in [0.4, 0.5) is 11.4 Å². The zero-order chi connectivity index (χ0) is 21.1. The quantitative estimate of drug-likeness (QED) is 0.405. The first-order valence-corrected chi connectivity index (χ1v) is 10.8. The minimum absolute atomic E-state index is 0.0126. The largest absolute Gasteiger partial charge is 0.497 e. The van der Waals surface area contributed by atoms with Crippen LogP contribution in [0.1, 0.15) is 5.69 Å². The van der Waals surface area contributed by atoms with Crippen molar-refractivity contribution in [1.29, 1.82) is 0 Å². The van der Waals surface area contributed by atoms with Crippen LogP contribution in [0.25, 0.3) is 10.6 Å².